The van der Waals surface area contributed by atoms with Gasteiger partial charge in [0.05, 0.1) is 5.97 Å². The number of aliphatic carboxylic acids is 1. The van der Waals surface area contributed by atoms with E-state index in [9.17, 15) is 14.7 Å². The summed E-state index contributed by atoms with van der Waals surface area (Å²) in [4.78, 5) is 21.8. The number of carbonyl (C=O) groups excluding carboxylic acids is 2. The fourth-order valence-electron chi connectivity index (χ4n) is 2.02. The van der Waals surface area contributed by atoms with Gasteiger partial charge < -0.3 is 20.0 Å². The van der Waals surface area contributed by atoms with Crippen LogP contribution in [0.1, 0.15) is 32.1 Å². The zero-order chi connectivity index (χ0) is 10.8. The molecule has 1 heterocycles. The molecule has 1 aliphatic carbocycles. The topological polar surface area (TPSA) is 81.8 Å². The molecule has 6 heteroatoms. The zero-order valence-corrected chi connectivity index (χ0v) is 11.4. The van der Waals surface area contributed by atoms with Crippen molar-refractivity contribution in [2.75, 3.05) is 0 Å². The molecule has 16 heavy (non-hydrogen) atoms. The maximum Gasteiger partial charge on any atom is 1.00 e. The fourth-order valence-corrected chi connectivity index (χ4v) is 2.02. The van der Waals surface area contributed by atoms with Crippen molar-refractivity contribution in [2.45, 2.75) is 50.4 Å². The Morgan fingerprint density at radius 2 is 1.75 bits per heavy atom. The summed E-state index contributed by atoms with van der Waals surface area (Å²) in [6, 6.07) is 0.192. The molecule has 2 rings (SSSR count). The summed E-state index contributed by atoms with van der Waals surface area (Å²) in [6.45, 7) is 0. The Labute approximate surface area is 116 Å². The number of hydrogen-bond acceptors (Lipinski definition) is 4. The van der Waals surface area contributed by atoms with E-state index in [-0.39, 0.29) is 41.5 Å². The summed E-state index contributed by atoms with van der Waals surface area (Å²) in [5.74, 6) is -1.62. The summed E-state index contributed by atoms with van der Waals surface area (Å²) in [6.07, 6.45) is 3.57. The fraction of sp³-hybridized carbons (Fsp3) is 0.800. The molecule has 0 bridgehead atoms. The molecule has 2 aliphatic rings. The normalized spacial score (nSPS) is 29.0. The maximum atomic E-state index is 11.5. The van der Waals surface area contributed by atoms with Gasteiger partial charge in [-0.1, -0.05) is 19.3 Å². The third-order valence-electron chi connectivity index (χ3n) is 2.93. The molecule has 5 nitrogen and oxygen atoms in total. The van der Waals surface area contributed by atoms with E-state index in [1.807, 2.05) is 0 Å². The number of carboxylic acids is 1. The van der Waals surface area contributed by atoms with Crippen LogP contribution in [0.2, 0.25) is 0 Å². The molecule has 0 aromatic carbocycles. The van der Waals surface area contributed by atoms with E-state index in [1.54, 1.807) is 0 Å². The summed E-state index contributed by atoms with van der Waals surface area (Å²) in [5.41, 5.74) is 0. The third kappa shape index (κ3) is 3.45. The molecule has 0 spiro atoms. The van der Waals surface area contributed by atoms with Crippen LogP contribution in [-0.2, 0) is 14.3 Å². The molecule has 1 saturated carbocycles. The average Bonchev–Trinajstić information content (AvgIpc) is 2.98. The SMILES string of the molecule is O=C([O-])C1OC1C(=O)NC1CCCCC1.[Na+]. The molecule has 1 amide bonds. The van der Waals surface area contributed by atoms with E-state index in [2.05, 4.69) is 5.32 Å². The van der Waals surface area contributed by atoms with Crippen LogP contribution in [0.25, 0.3) is 0 Å². The molecule has 0 aromatic rings. The molecule has 84 valence electrons. The Kier molecular flexibility index (Phi) is 5.24. The largest absolute Gasteiger partial charge is 1.00 e. The number of nitrogens with one attached hydrogen (secondary N) is 1. The van der Waals surface area contributed by atoms with E-state index in [0.29, 0.717) is 0 Å². The first-order chi connectivity index (χ1) is 7.18. The van der Waals surface area contributed by atoms with Crippen LogP contribution in [0.4, 0.5) is 0 Å². The van der Waals surface area contributed by atoms with Crippen molar-refractivity contribution < 1.29 is 49.0 Å². The predicted molar refractivity (Wildman–Crippen MR) is 48.7 cm³/mol. The van der Waals surface area contributed by atoms with Crippen LogP contribution >= 0.6 is 0 Å². The number of hydrogen-bond donors (Lipinski definition) is 1. The van der Waals surface area contributed by atoms with Crippen LogP contribution in [-0.4, -0.2) is 30.1 Å². The van der Waals surface area contributed by atoms with Crippen LogP contribution < -0.4 is 40.0 Å². The van der Waals surface area contributed by atoms with E-state index >= 15 is 0 Å². The molecule has 0 aromatic heterocycles. The number of ether oxygens (including phenoxy) is 1. The second kappa shape index (κ2) is 6.00. The number of carbonyl (C=O) groups is 2. The molecule has 2 atom stereocenters. The van der Waals surface area contributed by atoms with Gasteiger partial charge in [-0.05, 0) is 12.8 Å². The van der Waals surface area contributed by atoms with Crippen LogP contribution in [0.3, 0.4) is 0 Å². The summed E-state index contributed by atoms with van der Waals surface area (Å²) in [5, 5.41) is 13.2. The van der Waals surface area contributed by atoms with Crippen molar-refractivity contribution in [1.29, 1.82) is 0 Å². The van der Waals surface area contributed by atoms with Gasteiger partial charge in [0.15, 0.2) is 6.10 Å². The van der Waals surface area contributed by atoms with Gasteiger partial charge in [0.1, 0.15) is 6.10 Å². The van der Waals surface area contributed by atoms with E-state index < -0.39 is 18.2 Å². The maximum absolute atomic E-state index is 11.5. The molecule has 1 N–H and O–H groups in total. The predicted octanol–water partition coefficient (Wildman–Crippen LogP) is -4.04. The molecular formula is C10H14NNaO4. The van der Waals surface area contributed by atoms with Gasteiger partial charge in [-0.15, -0.1) is 0 Å². The Morgan fingerprint density at radius 1 is 1.12 bits per heavy atom. The molecule has 1 aliphatic heterocycles. The van der Waals surface area contributed by atoms with Gasteiger partial charge in [-0.25, -0.2) is 0 Å². The Bertz CT molecular complexity index is 278. The minimum Gasteiger partial charge on any atom is -0.547 e. The molecule has 0 radical (unpaired) electrons. The van der Waals surface area contributed by atoms with Gasteiger partial charge in [-0.3, -0.25) is 4.79 Å². The standard InChI is InChI=1S/C10H15NO4.Na/c12-9(7-8(15-7)10(13)14)11-6-4-2-1-3-5-6;/h6-8H,1-5H2,(H,11,12)(H,13,14);/q;+1/p-1. The van der Waals surface area contributed by atoms with Gasteiger partial charge in [-0.2, -0.15) is 0 Å². The molecule has 2 fully saturated rings. The molecule has 2 unspecified atom stereocenters. The first-order valence-corrected chi connectivity index (χ1v) is 5.35. The van der Waals surface area contributed by atoms with E-state index in [0.717, 1.165) is 25.7 Å². The number of amides is 1. The van der Waals surface area contributed by atoms with Crippen LogP contribution in [0.15, 0.2) is 0 Å². The average molecular weight is 235 g/mol. The quantitative estimate of drug-likeness (QED) is 0.399. The molecular weight excluding hydrogens is 221 g/mol. The van der Waals surface area contributed by atoms with Gasteiger partial charge in [0.2, 0.25) is 0 Å². The van der Waals surface area contributed by atoms with E-state index in [4.69, 9.17) is 4.74 Å². The van der Waals surface area contributed by atoms with Crippen molar-refractivity contribution in [2.24, 2.45) is 0 Å². The first kappa shape index (κ1) is 14.0. The zero-order valence-electron chi connectivity index (χ0n) is 9.40. The van der Waals surface area contributed by atoms with Crippen LogP contribution in [0, 0.1) is 0 Å². The summed E-state index contributed by atoms with van der Waals surface area (Å²) < 4.78 is 4.71. The van der Waals surface area contributed by atoms with Gasteiger partial charge >= 0.3 is 29.6 Å². The second-order valence-electron chi connectivity index (χ2n) is 4.14. The Balaban J connectivity index is 0.00000128. The number of rotatable bonds is 3. The Morgan fingerprint density at radius 3 is 2.25 bits per heavy atom. The minimum atomic E-state index is -1.31. The first-order valence-electron chi connectivity index (χ1n) is 5.35. The van der Waals surface area contributed by atoms with E-state index in [1.165, 1.54) is 6.42 Å². The van der Waals surface area contributed by atoms with Crippen molar-refractivity contribution in [1.82, 2.24) is 5.32 Å². The summed E-state index contributed by atoms with van der Waals surface area (Å²) >= 11 is 0. The number of epoxide rings is 1. The number of carboxylic acid groups (broad SMARTS) is 1. The van der Waals surface area contributed by atoms with Gasteiger partial charge in [0.25, 0.3) is 5.91 Å². The smallest absolute Gasteiger partial charge is 0.547 e. The van der Waals surface area contributed by atoms with Crippen LogP contribution in [0.5, 0.6) is 0 Å². The van der Waals surface area contributed by atoms with Crippen molar-refractivity contribution in [3.05, 3.63) is 0 Å². The minimum absolute atomic E-state index is 0. The van der Waals surface area contributed by atoms with Crippen molar-refractivity contribution in [3.63, 3.8) is 0 Å². The van der Waals surface area contributed by atoms with Gasteiger partial charge in [0, 0.05) is 6.04 Å². The Hall–Kier alpha value is -0.100. The monoisotopic (exact) mass is 235 g/mol. The van der Waals surface area contributed by atoms with Crippen molar-refractivity contribution >= 4 is 11.9 Å². The summed E-state index contributed by atoms with van der Waals surface area (Å²) in [7, 11) is 0. The second-order valence-corrected chi connectivity index (χ2v) is 4.14. The molecule has 1 saturated heterocycles. The third-order valence-corrected chi connectivity index (χ3v) is 2.93. The van der Waals surface area contributed by atoms with Crippen molar-refractivity contribution in [3.8, 4) is 0 Å².